The Kier molecular flexibility index (Phi) is 9.63. The van der Waals surface area contributed by atoms with Gasteiger partial charge < -0.3 is 13.3 Å². The summed E-state index contributed by atoms with van der Waals surface area (Å²) >= 11 is 0. The Bertz CT molecular complexity index is 318. The Morgan fingerprint density at radius 3 is 1.14 bits per heavy atom. The molecule has 0 saturated heterocycles. The molecule has 0 bridgehead atoms. The van der Waals surface area contributed by atoms with Crippen LogP contribution >= 0.6 is 0 Å². The van der Waals surface area contributed by atoms with Crippen LogP contribution < -0.4 is 0 Å². The first-order chi connectivity index (χ1) is 9.81. The monoisotopic (exact) mass is 310 g/mol. The van der Waals surface area contributed by atoms with Crippen molar-refractivity contribution in [3.63, 3.8) is 0 Å². The fourth-order valence-electron chi connectivity index (χ4n) is 1.10. The van der Waals surface area contributed by atoms with Crippen molar-refractivity contribution < 1.29 is 13.3 Å². The van der Waals surface area contributed by atoms with E-state index in [4.69, 9.17) is 13.3 Å². The molecule has 0 N–H and O–H groups in total. The quantitative estimate of drug-likeness (QED) is 0.409. The van der Waals surface area contributed by atoms with Crippen LogP contribution in [0.5, 0.6) is 0 Å². The molecule has 0 fully saturated rings. The Labute approximate surface area is 131 Å². The summed E-state index contributed by atoms with van der Waals surface area (Å²) in [4.78, 5) is 0. The van der Waals surface area contributed by atoms with E-state index < -0.39 is 8.80 Å². The largest absolute Gasteiger partial charge is 0.727 e. The molecule has 0 atom stereocenters. The Balaban J connectivity index is 4.94. The molecule has 0 spiro atoms. The number of rotatable bonds is 10. The van der Waals surface area contributed by atoms with Gasteiger partial charge in [0.25, 0.3) is 0 Å². The topological polar surface area (TPSA) is 27.7 Å². The van der Waals surface area contributed by atoms with Gasteiger partial charge in [0.15, 0.2) is 0 Å². The summed E-state index contributed by atoms with van der Waals surface area (Å²) in [6.07, 6.45) is 10.8. The van der Waals surface area contributed by atoms with Crippen molar-refractivity contribution in [1.82, 2.24) is 0 Å². The van der Waals surface area contributed by atoms with Crippen LogP contribution in [0.25, 0.3) is 0 Å². The maximum Gasteiger partial charge on any atom is 0.727 e. The summed E-state index contributed by atoms with van der Waals surface area (Å²) < 4.78 is 17.2. The maximum atomic E-state index is 5.75. The van der Waals surface area contributed by atoms with Gasteiger partial charge in [-0.05, 0) is 36.0 Å². The van der Waals surface area contributed by atoms with Gasteiger partial charge in [-0.3, -0.25) is 0 Å². The number of hydrogen-bond acceptors (Lipinski definition) is 3. The van der Waals surface area contributed by atoms with E-state index >= 15 is 0 Å². The summed E-state index contributed by atoms with van der Waals surface area (Å²) in [7, 11) is -2.97. The van der Waals surface area contributed by atoms with E-state index in [0.717, 1.165) is 0 Å². The van der Waals surface area contributed by atoms with Crippen LogP contribution in [0, 0.1) is 17.8 Å². The van der Waals surface area contributed by atoms with Gasteiger partial charge in [0, 0.05) is 5.70 Å². The van der Waals surface area contributed by atoms with Gasteiger partial charge in [0.2, 0.25) is 0 Å². The SMILES string of the molecule is C=C[Si](O/C=C/C(C)C)(O/C=C/C(C)C)O/C=C/C(C)C. The smallest absolute Gasteiger partial charge is 0.487 e. The van der Waals surface area contributed by atoms with Crippen molar-refractivity contribution in [2.24, 2.45) is 17.8 Å². The van der Waals surface area contributed by atoms with Crippen LogP contribution in [-0.2, 0) is 13.3 Å². The van der Waals surface area contributed by atoms with E-state index in [0.29, 0.717) is 17.8 Å². The molecule has 21 heavy (non-hydrogen) atoms. The van der Waals surface area contributed by atoms with E-state index in [1.807, 2.05) is 18.2 Å². The van der Waals surface area contributed by atoms with Gasteiger partial charge >= 0.3 is 8.80 Å². The van der Waals surface area contributed by atoms with Crippen molar-refractivity contribution in [2.75, 3.05) is 0 Å². The van der Waals surface area contributed by atoms with Crippen LogP contribution in [0.1, 0.15) is 41.5 Å². The molecule has 0 heterocycles. The van der Waals surface area contributed by atoms with Gasteiger partial charge in [-0.25, -0.2) is 0 Å². The van der Waals surface area contributed by atoms with Crippen molar-refractivity contribution >= 4 is 8.80 Å². The van der Waals surface area contributed by atoms with Crippen LogP contribution in [0.15, 0.2) is 49.3 Å². The van der Waals surface area contributed by atoms with Gasteiger partial charge in [-0.15, -0.1) is 0 Å². The summed E-state index contributed by atoms with van der Waals surface area (Å²) in [6, 6.07) is 0. The highest BCUT2D eigenvalue weighted by Crippen LogP contribution is 2.15. The summed E-state index contributed by atoms with van der Waals surface area (Å²) in [5.74, 6) is 1.21. The summed E-state index contributed by atoms with van der Waals surface area (Å²) in [5.41, 5.74) is 1.63. The second-order valence-electron chi connectivity index (χ2n) is 5.88. The van der Waals surface area contributed by atoms with Crippen LogP contribution in [0.3, 0.4) is 0 Å². The second-order valence-corrected chi connectivity index (χ2v) is 8.20. The van der Waals surface area contributed by atoms with E-state index in [1.54, 1.807) is 24.5 Å². The minimum absolute atomic E-state index is 0.402. The lowest BCUT2D eigenvalue weighted by Crippen LogP contribution is -2.39. The molecule has 0 radical (unpaired) electrons. The molecule has 3 nitrogen and oxygen atoms in total. The van der Waals surface area contributed by atoms with Crippen molar-refractivity contribution in [3.8, 4) is 0 Å². The lowest BCUT2D eigenvalue weighted by atomic mass is 10.2. The Hall–Kier alpha value is -1.42. The second kappa shape index (κ2) is 10.3. The highest BCUT2D eigenvalue weighted by molar-refractivity contribution is 6.66. The van der Waals surface area contributed by atoms with E-state index in [-0.39, 0.29) is 0 Å². The molecule has 4 heteroatoms. The molecular weight excluding hydrogens is 280 g/mol. The molecule has 0 aliphatic rings. The van der Waals surface area contributed by atoms with Crippen LogP contribution in [0.4, 0.5) is 0 Å². The summed E-state index contributed by atoms with van der Waals surface area (Å²) in [5, 5.41) is 0. The third kappa shape index (κ3) is 10.0. The predicted octanol–water partition coefficient (Wildman–Crippen LogP) is 5.21. The molecule has 0 aromatic heterocycles. The highest BCUT2D eigenvalue weighted by Gasteiger charge is 2.42. The summed E-state index contributed by atoms with van der Waals surface area (Å²) in [6.45, 7) is 16.3. The van der Waals surface area contributed by atoms with E-state index in [9.17, 15) is 0 Å². The average molecular weight is 311 g/mol. The average Bonchev–Trinajstić information content (AvgIpc) is 2.36. The van der Waals surface area contributed by atoms with Gasteiger partial charge in [0.05, 0.1) is 18.8 Å². The third-order valence-electron chi connectivity index (χ3n) is 2.34. The Morgan fingerprint density at radius 2 is 0.952 bits per heavy atom. The maximum absolute atomic E-state index is 5.75. The van der Waals surface area contributed by atoms with Crippen molar-refractivity contribution in [3.05, 3.63) is 49.3 Å². The first-order valence-electron chi connectivity index (χ1n) is 7.48. The van der Waals surface area contributed by atoms with Crippen molar-refractivity contribution in [1.29, 1.82) is 0 Å². The van der Waals surface area contributed by atoms with E-state index in [2.05, 4.69) is 48.1 Å². The highest BCUT2D eigenvalue weighted by atomic mass is 28.4. The first kappa shape index (κ1) is 19.6. The zero-order chi connectivity index (χ0) is 16.3. The molecule has 0 aromatic carbocycles. The first-order valence-corrected chi connectivity index (χ1v) is 9.28. The van der Waals surface area contributed by atoms with Gasteiger partial charge in [0.1, 0.15) is 0 Å². The minimum atomic E-state index is -2.97. The van der Waals surface area contributed by atoms with Crippen LogP contribution in [-0.4, -0.2) is 8.80 Å². The fraction of sp³-hybridized carbons (Fsp3) is 0.529. The normalized spacial score (nSPS) is 13.2. The fourth-order valence-corrected chi connectivity index (χ4v) is 2.36. The minimum Gasteiger partial charge on any atom is -0.487 e. The number of hydrogen-bond donors (Lipinski definition) is 0. The molecule has 0 unspecified atom stereocenters. The van der Waals surface area contributed by atoms with Gasteiger partial charge in [-0.2, -0.15) is 0 Å². The van der Waals surface area contributed by atoms with Crippen molar-refractivity contribution in [2.45, 2.75) is 41.5 Å². The van der Waals surface area contributed by atoms with Gasteiger partial charge in [-0.1, -0.05) is 48.1 Å². The zero-order valence-corrected chi connectivity index (χ0v) is 15.2. The molecule has 0 aliphatic heterocycles. The third-order valence-corrected chi connectivity index (χ3v) is 4.23. The van der Waals surface area contributed by atoms with Crippen LogP contribution in [0.2, 0.25) is 0 Å². The molecule has 0 saturated carbocycles. The zero-order valence-electron chi connectivity index (χ0n) is 14.2. The molecule has 0 rings (SSSR count). The van der Waals surface area contributed by atoms with E-state index in [1.165, 1.54) is 0 Å². The number of allylic oxidation sites excluding steroid dienone is 3. The molecule has 120 valence electrons. The standard InChI is InChI=1S/C17H30O3Si/c1-8-21(18-12-9-15(2)3,19-13-10-16(4)5)20-14-11-17(6)7/h8-17H,1H2,2-7H3/b12-9+,13-10+,14-11+. The molecule has 0 aromatic rings. The Morgan fingerprint density at radius 1 is 0.667 bits per heavy atom. The lowest BCUT2D eigenvalue weighted by Gasteiger charge is -2.22. The lowest BCUT2D eigenvalue weighted by molar-refractivity contribution is 0.195. The predicted molar refractivity (Wildman–Crippen MR) is 91.1 cm³/mol. The molecular formula is C17H30O3Si. The molecule has 0 amide bonds. The molecule has 0 aliphatic carbocycles.